The van der Waals surface area contributed by atoms with Gasteiger partial charge in [-0.15, -0.1) is 0 Å². The fourth-order valence-electron chi connectivity index (χ4n) is 4.56. The number of aliphatic imine (C=N–C) groups is 1. The molecule has 1 aliphatic rings. The van der Waals surface area contributed by atoms with Gasteiger partial charge in [0.05, 0.1) is 23.3 Å². The monoisotopic (exact) mass is 393 g/mol. The highest BCUT2D eigenvalue weighted by molar-refractivity contribution is 6.03. The predicted octanol–water partition coefficient (Wildman–Crippen LogP) is 6.66. The molecule has 0 atom stereocenters. The van der Waals surface area contributed by atoms with Crippen molar-refractivity contribution in [3.63, 3.8) is 0 Å². The third kappa shape index (κ3) is 3.56. The van der Waals surface area contributed by atoms with Gasteiger partial charge in [-0.3, -0.25) is 4.99 Å². The van der Waals surface area contributed by atoms with E-state index >= 15 is 0 Å². The maximum Gasteiger partial charge on any atom is 0.151 e. The van der Waals surface area contributed by atoms with E-state index in [2.05, 4.69) is 84.4 Å². The van der Waals surface area contributed by atoms with Crippen LogP contribution in [0.25, 0.3) is 33.3 Å². The summed E-state index contributed by atoms with van der Waals surface area (Å²) in [5, 5.41) is 0. The third-order valence-electron chi connectivity index (χ3n) is 6.20. The van der Waals surface area contributed by atoms with Gasteiger partial charge < -0.3 is 4.57 Å². The van der Waals surface area contributed by atoms with E-state index in [0.29, 0.717) is 6.04 Å². The number of hydrogen-bond donors (Lipinski definition) is 0. The number of benzene rings is 3. The van der Waals surface area contributed by atoms with Crippen LogP contribution < -0.4 is 0 Å². The van der Waals surface area contributed by atoms with Crippen LogP contribution in [0.15, 0.2) is 77.8 Å². The minimum Gasteiger partial charge on any atom is -0.326 e. The van der Waals surface area contributed by atoms with E-state index in [1.54, 1.807) is 0 Å². The topological polar surface area (TPSA) is 30.2 Å². The molecule has 30 heavy (non-hydrogen) atoms. The summed E-state index contributed by atoms with van der Waals surface area (Å²) < 4.78 is 2.20. The first kappa shape index (κ1) is 18.8. The van der Waals surface area contributed by atoms with Crippen LogP contribution in [0.3, 0.4) is 0 Å². The summed E-state index contributed by atoms with van der Waals surface area (Å²) in [5.41, 5.74) is 6.97. The average Bonchev–Trinajstić information content (AvgIpc) is 3.15. The Kier molecular flexibility index (Phi) is 5.18. The molecule has 0 radical (unpaired) electrons. The van der Waals surface area contributed by atoms with Gasteiger partial charge in [0, 0.05) is 18.2 Å². The molecule has 0 saturated heterocycles. The number of hydrogen-bond acceptors (Lipinski definition) is 2. The van der Waals surface area contributed by atoms with Gasteiger partial charge in [0.15, 0.2) is 5.82 Å². The Morgan fingerprint density at radius 2 is 1.40 bits per heavy atom. The zero-order valence-electron chi connectivity index (χ0n) is 17.5. The maximum absolute atomic E-state index is 5.07. The van der Waals surface area contributed by atoms with E-state index in [1.165, 1.54) is 48.8 Å². The number of fused-ring (bicyclic) bond motifs is 1. The van der Waals surface area contributed by atoms with E-state index in [1.807, 2.05) is 6.21 Å². The first-order chi connectivity index (χ1) is 14.8. The maximum atomic E-state index is 5.07. The summed E-state index contributed by atoms with van der Waals surface area (Å²) in [5.74, 6) is 0.927. The minimum absolute atomic E-state index is 0.445. The number of aromatic nitrogens is 2. The van der Waals surface area contributed by atoms with Crippen LogP contribution in [0.1, 0.15) is 37.9 Å². The highest BCUT2D eigenvalue weighted by Crippen LogP contribution is 2.35. The van der Waals surface area contributed by atoms with Crippen LogP contribution in [0.2, 0.25) is 0 Å². The number of nitrogens with zero attached hydrogens (tertiary/aromatic N) is 3. The Balaban J connectivity index is 1.67. The van der Waals surface area contributed by atoms with Gasteiger partial charge in [0.2, 0.25) is 0 Å². The Bertz CT molecular complexity index is 1170. The van der Waals surface area contributed by atoms with Crippen molar-refractivity contribution in [1.29, 1.82) is 0 Å². The molecule has 0 N–H and O–H groups in total. The summed E-state index contributed by atoms with van der Waals surface area (Å²) in [6, 6.07) is 26.0. The van der Waals surface area contributed by atoms with E-state index < -0.39 is 0 Å². The summed E-state index contributed by atoms with van der Waals surface area (Å²) in [7, 11) is 2.11. The molecule has 150 valence electrons. The standard InChI is InChI=1S/C27H27N3/c1-30-25(19-28-22-15-9-4-10-16-22)29-26-23(20-11-5-2-6-12-20)17-18-24(27(26)30)21-13-7-3-8-14-21/h2-3,5-8,11-14,17-19,22H,4,9-10,15-16H2,1H3/b28-19+. The molecule has 1 heterocycles. The van der Waals surface area contributed by atoms with Gasteiger partial charge >= 0.3 is 0 Å². The SMILES string of the molecule is Cn1c(/C=N/C2CCCCC2)nc2c(-c3ccccc3)ccc(-c3ccccc3)c21. The van der Waals surface area contributed by atoms with E-state index in [4.69, 9.17) is 9.98 Å². The van der Waals surface area contributed by atoms with Crippen LogP contribution in [-0.4, -0.2) is 21.8 Å². The zero-order valence-corrected chi connectivity index (χ0v) is 17.5. The molecule has 1 aliphatic carbocycles. The molecule has 3 aromatic carbocycles. The lowest BCUT2D eigenvalue weighted by molar-refractivity contribution is 0.444. The highest BCUT2D eigenvalue weighted by atomic mass is 15.1. The summed E-state index contributed by atoms with van der Waals surface area (Å²) in [6.07, 6.45) is 8.33. The van der Waals surface area contributed by atoms with Crippen LogP contribution in [0, 0.1) is 0 Å². The molecular formula is C27H27N3. The third-order valence-corrected chi connectivity index (χ3v) is 6.20. The fraction of sp³-hybridized carbons (Fsp3) is 0.259. The lowest BCUT2D eigenvalue weighted by atomic mass is 9.96. The molecule has 0 spiro atoms. The number of imidazole rings is 1. The molecule has 0 unspecified atom stereocenters. The molecular weight excluding hydrogens is 366 g/mol. The molecule has 1 fully saturated rings. The second kappa shape index (κ2) is 8.27. The quantitative estimate of drug-likeness (QED) is 0.357. The molecule has 5 rings (SSSR count). The van der Waals surface area contributed by atoms with Gasteiger partial charge in [0.1, 0.15) is 0 Å². The van der Waals surface area contributed by atoms with Crippen LogP contribution in [0.5, 0.6) is 0 Å². The Morgan fingerprint density at radius 1 is 0.800 bits per heavy atom. The van der Waals surface area contributed by atoms with Crippen molar-refractivity contribution in [3.8, 4) is 22.3 Å². The number of aryl methyl sites for hydroxylation is 1. The van der Waals surface area contributed by atoms with Crippen LogP contribution >= 0.6 is 0 Å². The molecule has 3 nitrogen and oxygen atoms in total. The molecule has 1 saturated carbocycles. The van der Waals surface area contributed by atoms with Crippen molar-refractivity contribution in [2.75, 3.05) is 0 Å². The van der Waals surface area contributed by atoms with Gasteiger partial charge in [-0.1, -0.05) is 92.1 Å². The molecule has 0 aliphatic heterocycles. The first-order valence-electron chi connectivity index (χ1n) is 10.9. The molecule has 1 aromatic heterocycles. The minimum atomic E-state index is 0.445. The average molecular weight is 394 g/mol. The van der Waals surface area contributed by atoms with Crippen molar-refractivity contribution in [3.05, 3.63) is 78.6 Å². The van der Waals surface area contributed by atoms with Crippen LogP contribution in [-0.2, 0) is 7.05 Å². The van der Waals surface area contributed by atoms with Crippen molar-refractivity contribution < 1.29 is 0 Å². The Labute approximate surface area is 178 Å². The van der Waals surface area contributed by atoms with Gasteiger partial charge in [0.25, 0.3) is 0 Å². The summed E-state index contributed by atoms with van der Waals surface area (Å²) >= 11 is 0. The van der Waals surface area contributed by atoms with Crippen molar-refractivity contribution in [1.82, 2.24) is 9.55 Å². The van der Waals surface area contributed by atoms with Gasteiger partial charge in [-0.25, -0.2) is 4.98 Å². The van der Waals surface area contributed by atoms with Crippen LogP contribution in [0.4, 0.5) is 0 Å². The van der Waals surface area contributed by atoms with Gasteiger partial charge in [-0.05, 0) is 24.0 Å². The van der Waals surface area contributed by atoms with Crippen molar-refractivity contribution >= 4 is 17.2 Å². The van der Waals surface area contributed by atoms with Crippen molar-refractivity contribution in [2.45, 2.75) is 38.1 Å². The zero-order chi connectivity index (χ0) is 20.3. The second-order valence-corrected chi connectivity index (χ2v) is 8.19. The lowest BCUT2D eigenvalue weighted by Crippen LogP contribution is -2.10. The van der Waals surface area contributed by atoms with E-state index in [9.17, 15) is 0 Å². The molecule has 4 aromatic rings. The Morgan fingerprint density at radius 3 is 2.07 bits per heavy atom. The molecule has 3 heteroatoms. The summed E-state index contributed by atoms with van der Waals surface area (Å²) in [4.78, 5) is 9.98. The van der Waals surface area contributed by atoms with E-state index in [-0.39, 0.29) is 0 Å². The largest absolute Gasteiger partial charge is 0.326 e. The predicted molar refractivity (Wildman–Crippen MR) is 126 cm³/mol. The highest BCUT2D eigenvalue weighted by Gasteiger charge is 2.17. The second-order valence-electron chi connectivity index (χ2n) is 8.19. The first-order valence-corrected chi connectivity index (χ1v) is 10.9. The number of rotatable bonds is 4. The van der Waals surface area contributed by atoms with Crippen molar-refractivity contribution in [2.24, 2.45) is 12.0 Å². The normalized spacial score (nSPS) is 15.2. The smallest absolute Gasteiger partial charge is 0.151 e. The molecule has 0 amide bonds. The molecule has 0 bridgehead atoms. The Hall–Kier alpha value is -3.20. The van der Waals surface area contributed by atoms with E-state index in [0.717, 1.165) is 22.4 Å². The summed E-state index contributed by atoms with van der Waals surface area (Å²) in [6.45, 7) is 0. The van der Waals surface area contributed by atoms with Gasteiger partial charge in [-0.2, -0.15) is 0 Å². The lowest BCUT2D eigenvalue weighted by Gasteiger charge is -2.16. The fourth-order valence-corrected chi connectivity index (χ4v) is 4.56.